The summed E-state index contributed by atoms with van der Waals surface area (Å²) in [4.78, 5) is 0. The highest BCUT2D eigenvalue weighted by Gasteiger charge is 2.18. The average molecular weight is 279 g/mol. The number of para-hydroxylation sites is 1. The van der Waals surface area contributed by atoms with Crippen LogP contribution in [-0.4, -0.2) is 33.0 Å². The fourth-order valence-electron chi connectivity index (χ4n) is 2.52. The van der Waals surface area contributed by atoms with E-state index in [0.29, 0.717) is 0 Å². The molecule has 0 aliphatic carbocycles. The zero-order chi connectivity index (χ0) is 14.2. The van der Waals surface area contributed by atoms with Crippen molar-refractivity contribution < 1.29 is 14.2 Å². The maximum absolute atomic E-state index is 6.09. The molecule has 0 radical (unpaired) electrons. The summed E-state index contributed by atoms with van der Waals surface area (Å²) in [7, 11) is 1.71. The van der Waals surface area contributed by atoms with Crippen LogP contribution in [0.15, 0.2) is 18.2 Å². The fourth-order valence-corrected chi connectivity index (χ4v) is 2.52. The predicted molar refractivity (Wildman–Crippen MR) is 79.5 cm³/mol. The summed E-state index contributed by atoms with van der Waals surface area (Å²) >= 11 is 0. The molecule has 1 aliphatic heterocycles. The van der Waals surface area contributed by atoms with E-state index >= 15 is 0 Å². The van der Waals surface area contributed by atoms with Gasteiger partial charge in [0.2, 0.25) is 0 Å². The van der Waals surface area contributed by atoms with Gasteiger partial charge in [0.15, 0.2) is 11.5 Å². The van der Waals surface area contributed by atoms with E-state index in [1.54, 1.807) is 7.11 Å². The van der Waals surface area contributed by atoms with Gasteiger partial charge in [0.05, 0.1) is 20.3 Å². The highest BCUT2D eigenvalue weighted by atomic mass is 16.5. The molecule has 4 nitrogen and oxygen atoms in total. The van der Waals surface area contributed by atoms with Crippen molar-refractivity contribution in [2.45, 2.75) is 38.2 Å². The molecule has 1 aromatic carbocycles. The van der Waals surface area contributed by atoms with Gasteiger partial charge in [-0.3, -0.25) is 0 Å². The first-order valence-corrected chi connectivity index (χ1v) is 7.45. The van der Waals surface area contributed by atoms with Crippen molar-refractivity contribution in [3.63, 3.8) is 0 Å². The van der Waals surface area contributed by atoms with Crippen molar-refractivity contribution in [1.82, 2.24) is 0 Å². The van der Waals surface area contributed by atoms with Crippen LogP contribution in [-0.2, 0) is 11.2 Å². The van der Waals surface area contributed by atoms with Crippen LogP contribution in [0.5, 0.6) is 11.5 Å². The molecule has 0 spiro atoms. The lowest BCUT2D eigenvalue weighted by molar-refractivity contribution is 0.0245. The number of hydrogen-bond acceptors (Lipinski definition) is 4. The summed E-state index contributed by atoms with van der Waals surface area (Å²) in [5.41, 5.74) is 6.75. The molecule has 112 valence electrons. The van der Waals surface area contributed by atoms with Crippen LogP contribution in [0.3, 0.4) is 0 Å². The fraction of sp³-hybridized carbons (Fsp3) is 0.625. The lowest BCUT2D eigenvalue weighted by Crippen LogP contribution is -2.26. The molecule has 0 bridgehead atoms. The predicted octanol–water partition coefficient (Wildman–Crippen LogP) is 2.53. The number of hydrogen-bond donors (Lipinski definition) is 1. The Morgan fingerprint density at radius 1 is 1.25 bits per heavy atom. The molecule has 0 atom stereocenters. The van der Waals surface area contributed by atoms with Gasteiger partial charge < -0.3 is 19.9 Å². The van der Waals surface area contributed by atoms with Crippen LogP contribution in [0.4, 0.5) is 0 Å². The van der Waals surface area contributed by atoms with Crippen molar-refractivity contribution in [2.24, 2.45) is 5.73 Å². The number of benzene rings is 1. The molecule has 0 saturated carbocycles. The third kappa shape index (κ3) is 4.12. The smallest absolute Gasteiger partial charge is 0.163 e. The van der Waals surface area contributed by atoms with Crippen LogP contribution in [0.1, 0.15) is 31.2 Å². The number of ether oxygens (including phenoxy) is 3. The van der Waals surface area contributed by atoms with Gasteiger partial charge in [-0.25, -0.2) is 0 Å². The Balaban J connectivity index is 2.04. The standard InChI is InChI=1S/C16H25NO3/c1-18-16-13(5-2-3-10-17)6-4-7-15(16)20-14-8-11-19-12-9-14/h4,6-7,14H,2-3,5,8-12,17H2,1H3. The molecule has 20 heavy (non-hydrogen) atoms. The molecule has 0 unspecified atom stereocenters. The molecular weight excluding hydrogens is 254 g/mol. The zero-order valence-electron chi connectivity index (χ0n) is 12.3. The summed E-state index contributed by atoms with van der Waals surface area (Å²) < 4.78 is 17.0. The van der Waals surface area contributed by atoms with Crippen molar-refractivity contribution >= 4 is 0 Å². The third-order valence-electron chi connectivity index (χ3n) is 3.63. The summed E-state index contributed by atoms with van der Waals surface area (Å²) in [6.07, 6.45) is 5.21. The lowest BCUT2D eigenvalue weighted by Gasteiger charge is -2.24. The molecule has 1 fully saturated rings. The SMILES string of the molecule is COc1c(CCCCN)cccc1OC1CCOCC1. The first-order valence-electron chi connectivity index (χ1n) is 7.45. The Kier molecular flexibility index (Phi) is 6.15. The van der Waals surface area contributed by atoms with Crippen LogP contribution in [0, 0.1) is 0 Å². The maximum Gasteiger partial charge on any atom is 0.163 e. The molecule has 1 heterocycles. The topological polar surface area (TPSA) is 53.7 Å². The second-order valence-corrected chi connectivity index (χ2v) is 5.12. The Morgan fingerprint density at radius 3 is 2.75 bits per heavy atom. The van der Waals surface area contributed by atoms with Gasteiger partial charge in [0.1, 0.15) is 6.10 Å². The summed E-state index contributed by atoms with van der Waals surface area (Å²) in [5, 5.41) is 0. The number of nitrogens with two attached hydrogens (primary N) is 1. The molecule has 0 amide bonds. The number of methoxy groups -OCH3 is 1. The van der Waals surface area contributed by atoms with Gasteiger partial charge in [-0.15, -0.1) is 0 Å². The van der Waals surface area contributed by atoms with Gasteiger partial charge in [-0.2, -0.15) is 0 Å². The van der Waals surface area contributed by atoms with Crippen molar-refractivity contribution in [1.29, 1.82) is 0 Å². The lowest BCUT2D eigenvalue weighted by atomic mass is 10.1. The zero-order valence-corrected chi connectivity index (χ0v) is 12.3. The Morgan fingerprint density at radius 2 is 2.05 bits per heavy atom. The minimum atomic E-state index is 0.233. The Hall–Kier alpha value is -1.26. The highest BCUT2D eigenvalue weighted by molar-refractivity contribution is 5.46. The molecular formula is C16H25NO3. The van der Waals surface area contributed by atoms with Crippen LogP contribution < -0.4 is 15.2 Å². The highest BCUT2D eigenvalue weighted by Crippen LogP contribution is 2.33. The van der Waals surface area contributed by atoms with Gasteiger partial charge in [-0.05, 0) is 37.4 Å². The average Bonchev–Trinajstić information content (AvgIpc) is 2.49. The number of rotatable bonds is 7. The molecule has 2 N–H and O–H groups in total. The van der Waals surface area contributed by atoms with E-state index in [4.69, 9.17) is 19.9 Å². The minimum absolute atomic E-state index is 0.233. The molecule has 1 saturated heterocycles. The van der Waals surface area contributed by atoms with Crippen molar-refractivity contribution in [3.8, 4) is 11.5 Å². The monoisotopic (exact) mass is 279 g/mol. The maximum atomic E-state index is 6.09. The van der Waals surface area contributed by atoms with E-state index in [1.807, 2.05) is 12.1 Å². The van der Waals surface area contributed by atoms with Gasteiger partial charge in [-0.1, -0.05) is 12.1 Å². The molecule has 4 heteroatoms. The van der Waals surface area contributed by atoms with Gasteiger partial charge >= 0.3 is 0 Å². The third-order valence-corrected chi connectivity index (χ3v) is 3.63. The Labute approximate surface area is 121 Å². The van der Waals surface area contributed by atoms with E-state index < -0.39 is 0 Å². The van der Waals surface area contributed by atoms with Gasteiger partial charge in [0.25, 0.3) is 0 Å². The van der Waals surface area contributed by atoms with Crippen LogP contribution >= 0.6 is 0 Å². The number of unbranched alkanes of at least 4 members (excludes halogenated alkanes) is 1. The van der Waals surface area contributed by atoms with E-state index in [1.165, 1.54) is 5.56 Å². The van der Waals surface area contributed by atoms with E-state index in [9.17, 15) is 0 Å². The second kappa shape index (κ2) is 8.12. The van der Waals surface area contributed by atoms with Crippen LogP contribution in [0.2, 0.25) is 0 Å². The Bertz CT molecular complexity index is 403. The van der Waals surface area contributed by atoms with E-state index in [0.717, 1.165) is 63.4 Å². The molecule has 1 aliphatic rings. The quantitative estimate of drug-likeness (QED) is 0.779. The second-order valence-electron chi connectivity index (χ2n) is 5.12. The number of aryl methyl sites for hydroxylation is 1. The summed E-state index contributed by atoms with van der Waals surface area (Å²) in [5.74, 6) is 1.72. The normalized spacial score (nSPS) is 16.1. The first kappa shape index (κ1) is 15.1. The summed E-state index contributed by atoms with van der Waals surface area (Å²) in [6, 6.07) is 6.13. The summed E-state index contributed by atoms with van der Waals surface area (Å²) in [6.45, 7) is 2.30. The van der Waals surface area contributed by atoms with E-state index in [-0.39, 0.29) is 6.10 Å². The first-order chi connectivity index (χ1) is 9.85. The van der Waals surface area contributed by atoms with E-state index in [2.05, 4.69) is 6.07 Å². The van der Waals surface area contributed by atoms with Crippen LogP contribution in [0.25, 0.3) is 0 Å². The largest absolute Gasteiger partial charge is 0.493 e. The molecule has 2 rings (SSSR count). The van der Waals surface area contributed by atoms with Gasteiger partial charge in [0, 0.05) is 12.8 Å². The van der Waals surface area contributed by atoms with Crippen molar-refractivity contribution in [2.75, 3.05) is 26.9 Å². The minimum Gasteiger partial charge on any atom is -0.493 e. The molecule has 1 aromatic rings. The van der Waals surface area contributed by atoms with Crippen molar-refractivity contribution in [3.05, 3.63) is 23.8 Å². The molecule has 0 aromatic heterocycles.